The minimum Gasteiger partial charge on any atom is -0.378 e. The third-order valence-corrected chi connectivity index (χ3v) is 4.21. The van der Waals surface area contributed by atoms with E-state index in [0.29, 0.717) is 23.9 Å². The van der Waals surface area contributed by atoms with Gasteiger partial charge in [-0.3, -0.25) is 4.68 Å². The maximum absolute atomic E-state index is 12.4. The SMILES string of the molecule is Cc1nn(Cc2ccccc2)c(Cl)c1CNc1cnn(CC(F)F)c1. The summed E-state index contributed by atoms with van der Waals surface area (Å²) in [6, 6.07) is 9.94. The molecule has 0 aliphatic rings. The number of hydrogen-bond donors (Lipinski definition) is 1. The van der Waals surface area contributed by atoms with E-state index in [1.807, 2.05) is 37.3 Å². The maximum Gasteiger partial charge on any atom is 0.257 e. The Balaban J connectivity index is 1.67. The van der Waals surface area contributed by atoms with Crippen molar-refractivity contribution in [2.75, 3.05) is 5.32 Å². The van der Waals surface area contributed by atoms with Gasteiger partial charge in [0.25, 0.3) is 6.43 Å². The molecule has 132 valence electrons. The van der Waals surface area contributed by atoms with Gasteiger partial charge in [-0.05, 0) is 12.5 Å². The van der Waals surface area contributed by atoms with Crippen molar-refractivity contribution >= 4 is 17.3 Å². The molecule has 0 aliphatic carbocycles. The van der Waals surface area contributed by atoms with Gasteiger partial charge in [0, 0.05) is 18.3 Å². The lowest BCUT2D eigenvalue weighted by molar-refractivity contribution is 0.122. The number of nitrogens with zero attached hydrogens (tertiary/aromatic N) is 4. The second-order valence-corrected chi connectivity index (χ2v) is 6.05. The summed E-state index contributed by atoms with van der Waals surface area (Å²) in [6.45, 7) is 2.51. The van der Waals surface area contributed by atoms with Crippen molar-refractivity contribution in [1.82, 2.24) is 19.6 Å². The molecule has 8 heteroatoms. The Morgan fingerprint density at radius 3 is 2.72 bits per heavy atom. The van der Waals surface area contributed by atoms with Gasteiger partial charge in [0.1, 0.15) is 11.7 Å². The predicted octanol–water partition coefficient (Wildman–Crippen LogP) is 3.97. The molecule has 0 saturated carbocycles. The standard InChI is InChI=1S/C17H18ClF2N5/c1-12-15(8-21-14-7-22-24(10-14)11-16(19)20)17(18)25(23-12)9-13-5-3-2-4-6-13/h2-7,10,16,21H,8-9,11H2,1H3. The van der Waals surface area contributed by atoms with E-state index in [-0.39, 0.29) is 0 Å². The van der Waals surface area contributed by atoms with Crippen LogP contribution in [0.25, 0.3) is 0 Å². The van der Waals surface area contributed by atoms with E-state index in [9.17, 15) is 8.78 Å². The summed E-state index contributed by atoms with van der Waals surface area (Å²) in [4.78, 5) is 0. The molecule has 2 heterocycles. The molecule has 3 aromatic rings. The fraction of sp³-hybridized carbons (Fsp3) is 0.294. The van der Waals surface area contributed by atoms with Crippen molar-refractivity contribution < 1.29 is 8.78 Å². The summed E-state index contributed by atoms with van der Waals surface area (Å²) in [5, 5.41) is 12.1. The molecular formula is C17H18ClF2N5. The van der Waals surface area contributed by atoms with E-state index in [2.05, 4.69) is 15.5 Å². The zero-order chi connectivity index (χ0) is 17.8. The van der Waals surface area contributed by atoms with Crippen LogP contribution < -0.4 is 5.32 Å². The van der Waals surface area contributed by atoms with Crippen LogP contribution >= 0.6 is 11.6 Å². The number of rotatable bonds is 7. The Morgan fingerprint density at radius 2 is 2.00 bits per heavy atom. The summed E-state index contributed by atoms with van der Waals surface area (Å²) < 4.78 is 27.7. The molecule has 3 rings (SSSR count). The van der Waals surface area contributed by atoms with E-state index in [1.165, 1.54) is 10.9 Å². The molecule has 5 nitrogen and oxygen atoms in total. The van der Waals surface area contributed by atoms with Crippen LogP contribution in [-0.2, 0) is 19.6 Å². The lowest BCUT2D eigenvalue weighted by Gasteiger charge is -2.05. The normalized spacial score (nSPS) is 11.2. The molecule has 0 amide bonds. The van der Waals surface area contributed by atoms with Crippen LogP contribution in [0, 0.1) is 6.92 Å². The first-order chi connectivity index (χ1) is 12.0. The topological polar surface area (TPSA) is 47.7 Å². The van der Waals surface area contributed by atoms with Gasteiger partial charge in [0.15, 0.2) is 0 Å². The number of alkyl halides is 2. The summed E-state index contributed by atoms with van der Waals surface area (Å²) in [7, 11) is 0. The monoisotopic (exact) mass is 365 g/mol. The van der Waals surface area contributed by atoms with Gasteiger partial charge in [-0.2, -0.15) is 10.2 Å². The van der Waals surface area contributed by atoms with Gasteiger partial charge in [-0.25, -0.2) is 13.5 Å². The Labute approximate surface area is 149 Å². The van der Waals surface area contributed by atoms with Crippen LogP contribution in [0.3, 0.4) is 0 Å². The molecule has 0 spiro atoms. The van der Waals surface area contributed by atoms with Gasteiger partial charge in [-0.15, -0.1) is 0 Å². The molecule has 0 bridgehead atoms. The van der Waals surface area contributed by atoms with Gasteiger partial charge in [0.2, 0.25) is 0 Å². The van der Waals surface area contributed by atoms with Crippen molar-refractivity contribution in [3.05, 3.63) is 64.7 Å². The second kappa shape index (κ2) is 7.65. The van der Waals surface area contributed by atoms with E-state index < -0.39 is 13.0 Å². The minimum atomic E-state index is -2.43. The van der Waals surface area contributed by atoms with E-state index in [4.69, 9.17) is 11.6 Å². The minimum absolute atomic E-state index is 0.420. The van der Waals surface area contributed by atoms with Gasteiger partial charge < -0.3 is 5.32 Å². The van der Waals surface area contributed by atoms with Crippen molar-refractivity contribution in [3.8, 4) is 0 Å². The van der Waals surface area contributed by atoms with E-state index >= 15 is 0 Å². The van der Waals surface area contributed by atoms with Gasteiger partial charge in [0.05, 0.1) is 24.1 Å². The quantitative estimate of drug-likeness (QED) is 0.689. The summed E-state index contributed by atoms with van der Waals surface area (Å²) in [5.41, 5.74) is 3.47. The molecule has 0 fully saturated rings. The Kier molecular flexibility index (Phi) is 5.33. The highest BCUT2D eigenvalue weighted by molar-refractivity contribution is 6.30. The third kappa shape index (κ3) is 4.36. The lowest BCUT2D eigenvalue weighted by atomic mass is 10.2. The number of aromatic nitrogens is 4. The number of aryl methyl sites for hydroxylation is 1. The van der Waals surface area contributed by atoms with Crippen molar-refractivity contribution in [2.24, 2.45) is 0 Å². The summed E-state index contributed by atoms with van der Waals surface area (Å²) in [5.74, 6) is 0. The summed E-state index contributed by atoms with van der Waals surface area (Å²) >= 11 is 6.46. The molecule has 0 saturated heterocycles. The first-order valence-corrected chi connectivity index (χ1v) is 8.21. The maximum atomic E-state index is 12.4. The Bertz CT molecular complexity index is 829. The highest BCUT2D eigenvalue weighted by atomic mass is 35.5. The van der Waals surface area contributed by atoms with Crippen LogP contribution in [0.5, 0.6) is 0 Å². The molecular weight excluding hydrogens is 348 g/mol. The molecule has 0 radical (unpaired) electrons. The molecule has 0 atom stereocenters. The summed E-state index contributed by atoms with van der Waals surface area (Å²) in [6.07, 6.45) is 0.629. The Morgan fingerprint density at radius 1 is 1.24 bits per heavy atom. The molecule has 2 aromatic heterocycles. The fourth-order valence-corrected chi connectivity index (χ4v) is 2.84. The average Bonchev–Trinajstić information content (AvgIpc) is 3.11. The van der Waals surface area contributed by atoms with Gasteiger partial charge >= 0.3 is 0 Å². The van der Waals surface area contributed by atoms with E-state index in [0.717, 1.165) is 16.8 Å². The zero-order valence-corrected chi connectivity index (χ0v) is 14.4. The van der Waals surface area contributed by atoms with Crippen LogP contribution in [0.15, 0.2) is 42.7 Å². The highest BCUT2D eigenvalue weighted by Gasteiger charge is 2.14. The zero-order valence-electron chi connectivity index (χ0n) is 13.7. The number of halogens is 3. The molecule has 1 aromatic carbocycles. The molecule has 0 aliphatic heterocycles. The molecule has 1 N–H and O–H groups in total. The van der Waals surface area contributed by atoms with Crippen LogP contribution in [0.2, 0.25) is 5.15 Å². The van der Waals surface area contributed by atoms with Crippen molar-refractivity contribution in [2.45, 2.75) is 33.0 Å². The number of benzene rings is 1. The molecule has 0 unspecified atom stereocenters. The Hall–Kier alpha value is -2.41. The fourth-order valence-electron chi connectivity index (χ4n) is 2.54. The average molecular weight is 366 g/mol. The number of hydrogen-bond acceptors (Lipinski definition) is 3. The first kappa shape index (κ1) is 17.4. The highest BCUT2D eigenvalue weighted by Crippen LogP contribution is 2.22. The number of anilines is 1. The van der Waals surface area contributed by atoms with Gasteiger partial charge in [-0.1, -0.05) is 41.9 Å². The van der Waals surface area contributed by atoms with Crippen molar-refractivity contribution in [3.63, 3.8) is 0 Å². The number of nitrogens with one attached hydrogen (secondary N) is 1. The second-order valence-electron chi connectivity index (χ2n) is 5.69. The third-order valence-electron chi connectivity index (χ3n) is 3.79. The van der Waals surface area contributed by atoms with E-state index in [1.54, 1.807) is 10.9 Å². The largest absolute Gasteiger partial charge is 0.378 e. The van der Waals surface area contributed by atoms with Crippen LogP contribution in [0.1, 0.15) is 16.8 Å². The van der Waals surface area contributed by atoms with Crippen LogP contribution in [-0.4, -0.2) is 26.0 Å². The van der Waals surface area contributed by atoms with Crippen molar-refractivity contribution in [1.29, 1.82) is 0 Å². The smallest absolute Gasteiger partial charge is 0.257 e. The predicted molar refractivity (Wildman–Crippen MR) is 93.1 cm³/mol. The first-order valence-electron chi connectivity index (χ1n) is 7.83. The lowest BCUT2D eigenvalue weighted by Crippen LogP contribution is -2.06. The molecule has 25 heavy (non-hydrogen) atoms. The van der Waals surface area contributed by atoms with Crippen LogP contribution in [0.4, 0.5) is 14.5 Å².